The Morgan fingerprint density at radius 3 is 2.67 bits per heavy atom. The Hall–Kier alpha value is -4.12. The molecular weight excluding hydrogens is 567 g/mol. The number of ether oxygens (including phenoxy) is 1. The fraction of sp³-hybridized carbons (Fsp3) is 0.414. The number of aromatic amines is 1. The topological polar surface area (TPSA) is 149 Å². The summed E-state index contributed by atoms with van der Waals surface area (Å²) in [4.78, 5) is 46.6. The third kappa shape index (κ3) is 6.51. The SMILES string of the molecule is CC(C)(C)OC(=O)N1CCC2(C[C@H]2NC(=O)c2nc[nH]c2C(O)Nc2ccc(NC(=O)C3C=C=C(F)C=C3Cl)cc2)C1. The first kappa shape index (κ1) is 29.4. The van der Waals surface area contributed by atoms with Gasteiger partial charge in [0.25, 0.3) is 5.91 Å². The summed E-state index contributed by atoms with van der Waals surface area (Å²) in [7, 11) is 0. The molecule has 3 unspecified atom stereocenters. The van der Waals surface area contributed by atoms with Crippen molar-refractivity contribution in [3.63, 3.8) is 0 Å². The van der Waals surface area contributed by atoms with E-state index >= 15 is 0 Å². The Kier molecular flexibility index (Phi) is 7.89. The van der Waals surface area contributed by atoms with E-state index in [0.29, 0.717) is 24.5 Å². The van der Waals surface area contributed by atoms with Crippen molar-refractivity contribution in [3.05, 3.63) is 70.7 Å². The molecule has 3 aliphatic rings. The third-order valence-electron chi connectivity index (χ3n) is 7.38. The van der Waals surface area contributed by atoms with Gasteiger partial charge < -0.3 is 35.7 Å². The van der Waals surface area contributed by atoms with E-state index in [1.165, 1.54) is 12.4 Å². The number of nitrogens with one attached hydrogen (secondary N) is 4. The molecule has 1 saturated carbocycles. The van der Waals surface area contributed by atoms with Gasteiger partial charge in [0.15, 0.2) is 17.7 Å². The number of carbonyl (C=O) groups excluding carboxylic acids is 3. The van der Waals surface area contributed by atoms with Crippen LogP contribution in [0.3, 0.4) is 0 Å². The van der Waals surface area contributed by atoms with Crippen LogP contribution < -0.4 is 16.0 Å². The van der Waals surface area contributed by atoms with Crippen molar-refractivity contribution in [1.29, 1.82) is 0 Å². The van der Waals surface area contributed by atoms with Gasteiger partial charge in [-0.2, -0.15) is 4.39 Å². The number of halogens is 2. The van der Waals surface area contributed by atoms with Gasteiger partial charge in [0.05, 0.1) is 17.9 Å². The van der Waals surface area contributed by atoms with E-state index < -0.39 is 35.4 Å². The predicted octanol–water partition coefficient (Wildman–Crippen LogP) is 4.34. The Morgan fingerprint density at radius 1 is 1.26 bits per heavy atom. The molecule has 1 aromatic carbocycles. The summed E-state index contributed by atoms with van der Waals surface area (Å²) >= 11 is 5.98. The number of H-pyrrole nitrogens is 1. The number of benzene rings is 1. The Morgan fingerprint density at radius 2 is 1.98 bits per heavy atom. The number of aromatic nitrogens is 2. The summed E-state index contributed by atoms with van der Waals surface area (Å²) in [6.07, 6.45) is 3.50. The van der Waals surface area contributed by atoms with Crippen LogP contribution in [0.15, 0.2) is 59.3 Å². The average molecular weight is 599 g/mol. The highest BCUT2D eigenvalue weighted by Crippen LogP contribution is 2.53. The molecule has 2 aromatic rings. The summed E-state index contributed by atoms with van der Waals surface area (Å²) in [5.74, 6) is -2.37. The van der Waals surface area contributed by atoms with Crippen molar-refractivity contribution < 1.29 is 28.6 Å². The van der Waals surface area contributed by atoms with Gasteiger partial charge in [-0.15, -0.1) is 0 Å². The second-order valence-corrected chi connectivity index (χ2v) is 12.1. The maximum Gasteiger partial charge on any atom is 0.410 e. The summed E-state index contributed by atoms with van der Waals surface area (Å²) in [5.41, 5.74) is 2.79. The van der Waals surface area contributed by atoms with Crippen LogP contribution in [0.2, 0.25) is 0 Å². The Balaban J connectivity index is 1.14. The monoisotopic (exact) mass is 598 g/mol. The van der Waals surface area contributed by atoms with E-state index in [1.807, 2.05) is 20.8 Å². The minimum Gasteiger partial charge on any atom is -0.444 e. The van der Waals surface area contributed by atoms with E-state index in [-0.39, 0.29) is 34.0 Å². The van der Waals surface area contributed by atoms with Gasteiger partial charge in [-0.1, -0.05) is 17.3 Å². The van der Waals surface area contributed by atoms with Crippen molar-refractivity contribution >= 4 is 40.9 Å². The van der Waals surface area contributed by atoms with Crippen LogP contribution in [-0.4, -0.2) is 62.6 Å². The number of aliphatic hydroxyl groups excluding tert-OH is 1. The van der Waals surface area contributed by atoms with Crippen LogP contribution in [0, 0.1) is 11.3 Å². The largest absolute Gasteiger partial charge is 0.444 e. The zero-order valence-electron chi connectivity index (χ0n) is 23.3. The molecule has 222 valence electrons. The van der Waals surface area contributed by atoms with Gasteiger partial charge in [0.2, 0.25) is 5.91 Å². The van der Waals surface area contributed by atoms with E-state index in [4.69, 9.17) is 16.3 Å². The Bertz CT molecular complexity index is 1490. The predicted molar refractivity (Wildman–Crippen MR) is 153 cm³/mol. The number of aliphatic hydroxyl groups is 1. The molecular formula is C29H32ClFN6O5. The molecule has 0 radical (unpaired) electrons. The second-order valence-electron chi connectivity index (χ2n) is 11.7. The van der Waals surface area contributed by atoms with Gasteiger partial charge in [-0.25, -0.2) is 9.78 Å². The van der Waals surface area contributed by atoms with Crippen LogP contribution in [0.4, 0.5) is 20.6 Å². The van der Waals surface area contributed by atoms with Crippen LogP contribution >= 0.6 is 11.6 Å². The molecule has 2 fully saturated rings. The zero-order valence-corrected chi connectivity index (χ0v) is 24.1. The fourth-order valence-corrected chi connectivity index (χ4v) is 5.35. The molecule has 1 aliphatic heterocycles. The van der Waals surface area contributed by atoms with Crippen molar-refractivity contribution in [2.75, 3.05) is 23.7 Å². The second kappa shape index (κ2) is 11.3. The van der Waals surface area contributed by atoms with Crippen molar-refractivity contribution in [3.8, 4) is 0 Å². The number of likely N-dealkylation sites (tertiary alicyclic amines) is 1. The van der Waals surface area contributed by atoms with Crippen LogP contribution in [0.5, 0.6) is 0 Å². The van der Waals surface area contributed by atoms with Crippen LogP contribution in [0.1, 0.15) is 56.0 Å². The van der Waals surface area contributed by atoms with Gasteiger partial charge in [-0.3, -0.25) is 9.59 Å². The molecule has 5 rings (SSSR count). The standard InChI is InChI=1S/C29H32ClFN6O5/c1-28(2,3)42-27(41)37-11-10-29(14-37)13-21(29)36-26(40)23-22(32-15-33-23)25(39)35-18-7-5-17(6-8-18)34-24(38)19-9-4-16(31)12-20(19)30/h5-9,12,15,19,21,25,35,39H,10-11,13-14H2,1-3H3,(H,32,33)(H,34,38)(H,36,40)/t19?,21-,25?,29?/m1/s1. The van der Waals surface area contributed by atoms with Crippen molar-refractivity contribution in [2.24, 2.45) is 11.3 Å². The zero-order chi connectivity index (χ0) is 30.2. The number of rotatable bonds is 7. The lowest BCUT2D eigenvalue weighted by atomic mass is 10.0. The molecule has 42 heavy (non-hydrogen) atoms. The third-order valence-corrected chi connectivity index (χ3v) is 7.72. The van der Waals surface area contributed by atoms with E-state index in [2.05, 4.69) is 31.6 Å². The smallest absolute Gasteiger partial charge is 0.410 e. The summed E-state index contributed by atoms with van der Waals surface area (Å²) in [6.45, 7) is 6.55. The lowest BCUT2D eigenvalue weighted by molar-refractivity contribution is -0.117. The highest BCUT2D eigenvalue weighted by molar-refractivity contribution is 6.32. The summed E-state index contributed by atoms with van der Waals surface area (Å²) in [6, 6.07) is 6.38. The number of anilines is 2. The number of carbonyl (C=O) groups is 3. The highest BCUT2D eigenvalue weighted by atomic mass is 35.5. The normalized spacial score (nSPS) is 23.6. The van der Waals surface area contributed by atoms with Crippen LogP contribution in [0.25, 0.3) is 0 Å². The number of nitrogens with zero attached hydrogens (tertiary/aromatic N) is 2. The van der Waals surface area contributed by atoms with Gasteiger partial charge in [0.1, 0.15) is 5.60 Å². The first-order valence-corrected chi connectivity index (χ1v) is 13.9. The van der Waals surface area contributed by atoms with Gasteiger partial charge in [-0.05, 0) is 70.0 Å². The number of hydrogen-bond donors (Lipinski definition) is 5. The quantitative estimate of drug-likeness (QED) is 0.235. The maximum absolute atomic E-state index is 13.2. The molecule has 5 N–H and O–H groups in total. The lowest BCUT2D eigenvalue weighted by Gasteiger charge is -2.24. The molecule has 2 heterocycles. The molecule has 4 atom stereocenters. The first-order valence-electron chi connectivity index (χ1n) is 13.5. The maximum atomic E-state index is 13.2. The molecule has 0 bridgehead atoms. The molecule has 2 aliphatic carbocycles. The molecule has 11 nitrogen and oxygen atoms in total. The molecule has 3 amide bonds. The number of hydrogen-bond acceptors (Lipinski definition) is 7. The molecule has 1 aromatic heterocycles. The summed E-state index contributed by atoms with van der Waals surface area (Å²) in [5, 5.41) is 19.4. The van der Waals surface area contributed by atoms with Crippen molar-refractivity contribution in [2.45, 2.75) is 51.5 Å². The average Bonchev–Trinajstić information content (AvgIpc) is 3.24. The molecule has 1 spiro atoms. The van der Waals surface area contributed by atoms with Gasteiger partial charge >= 0.3 is 6.09 Å². The fourth-order valence-electron chi connectivity index (χ4n) is 5.10. The first-order chi connectivity index (χ1) is 19.8. The minimum absolute atomic E-state index is 0.0485. The number of allylic oxidation sites excluding steroid dienone is 1. The Labute approximate surface area is 246 Å². The van der Waals surface area contributed by atoms with E-state index in [9.17, 15) is 23.9 Å². The van der Waals surface area contributed by atoms with E-state index in [1.54, 1.807) is 29.2 Å². The highest BCUT2D eigenvalue weighted by Gasteiger charge is 2.59. The van der Waals surface area contributed by atoms with Gasteiger partial charge in [0, 0.05) is 41.0 Å². The summed E-state index contributed by atoms with van der Waals surface area (Å²) < 4.78 is 18.7. The number of imidazole rings is 1. The molecule has 13 heteroatoms. The lowest BCUT2D eigenvalue weighted by Crippen LogP contribution is -2.37. The molecule has 1 saturated heterocycles. The minimum atomic E-state index is -1.28. The number of amides is 3. The van der Waals surface area contributed by atoms with E-state index in [0.717, 1.165) is 18.9 Å². The van der Waals surface area contributed by atoms with Crippen molar-refractivity contribution in [1.82, 2.24) is 20.2 Å². The van der Waals surface area contributed by atoms with Crippen LogP contribution in [-0.2, 0) is 9.53 Å².